The van der Waals surface area contributed by atoms with Crippen LogP contribution in [0, 0.1) is 5.92 Å². The number of nitrogens with one attached hydrogen (secondary N) is 1. The lowest BCUT2D eigenvalue weighted by Crippen LogP contribution is -2.32. The van der Waals surface area contributed by atoms with Gasteiger partial charge < -0.3 is 16.0 Å². The maximum absolute atomic E-state index is 12.1. The summed E-state index contributed by atoms with van der Waals surface area (Å²) < 4.78 is 0. The highest BCUT2D eigenvalue weighted by Gasteiger charge is 2.24. The number of pyridine rings is 1. The summed E-state index contributed by atoms with van der Waals surface area (Å²) in [5.41, 5.74) is 6.60. The molecule has 3 N–H and O–H groups in total. The minimum atomic E-state index is 0.0892. The molecule has 1 saturated carbocycles. The van der Waals surface area contributed by atoms with E-state index in [4.69, 9.17) is 5.73 Å². The number of aromatic nitrogens is 1. The Morgan fingerprint density at radius 1 is 1.32 bits per heavy atom. The molecule has 0 aromatic carbocycles. The fourth-order valence-electron chi connectivity index (χ4n) is 2.35. The van der Waals surface area contributed by atoms with Gasteiger partial charge in [-0.15, -0.1) is 0 Å². The third-order valence-corrected chi connectivity index (χ3v) is 3.62. The van der Waals surface area contributed by atoms with Crippen molar-refractivity contribution in [3.8, 4) is 0 Å². The van der Waals surface area contributed by atoms with E-state index in [1.54, 1.807) is 6.20 Å². The van der Waals surface area contributed by atoms with Crippen LogP contribution in [-0.2, 0) is 4.79 Å². The molecule has 19 heavy (non-hydrogen) atoms. The topological polar surface area (TPSA) is 71.2 Å². The predicted molar refractivity (Wildman–Crippen MR) is 77.1 cm³/mol. The van der Waals surface area contributed by atoms with E-state index >= 15 is 0 Å². The molecular formula is C14H22N4O. The number of nitrogens with zero attached hydrogens (tertiary/aromatic N) is 2. The van der Waals surface area contributed by atoms with Crippen LogP contribution in [0.25, 0.3) is 0 Å². The second-order valence-corrected chi connectivity index (χ2v) is 5.40. The number of carbonyl (C=O) groups is 1. The third kappa shape index (κ3) is 3.67. The van der Waals surface area contributed by atoms with Gasteiger partial charge in [0.05, 0.1) is 11.9 Å². The average molecular weight is 262 g/mol. The van der Waals surface area contributed by atoms with Gasteiger partial charge in [-0.05, 0) is 37.8 Å². The average Bonchev–Trinajstić information content (AvgIpc) is 2.40. The zero-order valence-corrected chi connectivity index (χ0v) is 11.6. The highest BCUT2D eigenvalue weighted by molar-refractivity contribution is 5.92. The summed E-state index contributed by atoms with van der Waals surface area (Å²) in [6.45, 7) is 0. The number of carbonyl (C=O) groups excluding carboxylic acids is 1. The third-order valence-electron chi connectivity index (χ3n) is 3.62. The molecule has 2 rings (SSSR count). The Hall–Kier alpha value is -1.62. The van der Waals surface area contributed by atoms with Crippen LogP contribution in [0.15, 0.2) is 18.3 Å². The van der Waals surface area contributed by atoms with Crippen molar-refractivity contribution < 1.29 is 4.79 Å². The summed E-state index contributed by atoms with van der Waals surface area (Å²) in [7, 11) is 3.87. The second-order valence-electron chi connectivity index (χ2n) is 5.40. The number of rotatable bonds is 3. The smallest absolute Gasteiger partial charge is 0.227 e. The standard InChI is InChI=1S/C14H22N4O/c1-18(2)13-8-7-12(9-16-13)17-14(19)10-3-5-11(15)6-4-10/h7-11H,3-6,15H2,1-2H3,(H,17,19). The molecule has 5 nitrogen and oxygen atoms in total. The summed E-state index contributed by atoms with van der Waals surface area (Å²) in [6, 6.07) is 4.05. The van der Waals surface area contributed by atoms with Gasteiger partial charge in [-0.3, -0.25) is 4.79 Å². The van der Waals surface area contributed by atoms with Crippen molar-refractivity contribution in [3.05, 3.63) is 18.3 Å². The van der Waals surface area contributed by atoms with Gasteiger partial charge in [0.15, 0.2) is 0 Å². The summed E-state index contributed by atoms with van der Waals surface area (Å²) in [5.74, 6) is 1.06. The predicted octanol–water partition coefficient (Wildman–Crippen LogP) is 1.60. The summed E-state index contributed by atoms with van der Waals surface area (Å²) in [5, 5.41) is 2.93. The van der Waals surface area contributed by atoms with E-state index in [1.807, 2.05) is 31.1 Å². The Labute approximate surface area is 114 Å². The number of nitrogens with two attached hydrogens (primary N) is 1. The first kappa shape index (κ1) is 13.8. The summed E-state index contributed by atoms with van der Waals surface area (Å²) in [4.78, 5) is 18.3. The van der Waals surface area contributed by atoms with E-state index in [9.17, 15) is 4.79 Å². The molecule has 0 unspecified atom stereocenters. The Morgan fingerprint density at radius 3 is 2.53 bits per heavy atom. The quantitative estimate of drug-likeness (QED) is 0.868. The van der Waals surface area contributed by atoms with Crippen molar-refractivity contribution in [3.63, 3.8) is 0 Å². The molecule has 1 aliphatic rings. The maximum Gasteiger partial charge on any atom is 0.227 e. The van der Waals surface area contributed by atoms with Crippen LogP contribution in [0.3, 0.4) is 0 Å². The largest absolute Gasteiger partial charge is 0.363 e. The monoisotopic (exact) mass is 262 g/mol. The van der Waals surface area contributed by atoms with Gasteiger partial charge in [-0.25, -0.2) is 4.98 Å². The van der Waals surface area contributed by atoms with E-state index in [0.29, 0.717) is 0 Å². The van der Waals surface area contributed by atoms with Crippen molar-refractivity contribution in [1.82, 2.24) is 4.98 Å². The van der Waals surface area contributed by atoms with Crippen LogP contribution in [-0.4, -0.2) is 31.0 Å². The minimum absolute atomic E-state index is 0.0892. The molecule has 1 heterocycles. The number of anilines is 2. The number of hydrogen-bond donors (Lipinski definition) is 2. The zero-order chi connectivity index (χ0) is 13.8. The van der Waals surface area contributed by atoms with Gasteiger partial charge >= 0.3 is 0 Å². The molecule has 1 aromatic rings. The molecule has 5 heteroatoms. The van der Waals surface area contributed by atoms with E-state index in [1.165, 1.54) is 0 Å². The van der Waals surface area contributed by atoms with Crippen molar-refractivity contribution in [2.45, 2.75) is 31.7 Å². The second kappa shape index (κ2) is 6.02. The molecular weight excluding hydrogens is 240 g/mol. The fourth-order valence-corrected chi connectivity index (χ4v) is 2.35. The molecule has 0 spiro atoms. The van der Waals surface area contributed by atoms with Gasteiger partial charge in [0.1, 0.15) is 5.82 Å². The Morgan fingerprint density at radius 2 is 2.00 bits per heavy atom. The highest BCUT2D eigenvalue weighted by atomic mass is 16.1. The lowest BCUT2D eigenvalue weighted by molar-refractivity contribution is -0.120. The van der Waals surface area contributed by atoms with Gasteiger partial charge in [-0.2, -0.15) is 0 Å². The van der Waals surface area contributed by atoms with Crippen molar-refractivity contribution in [1.29, 1.82) is 0 Å². The summed E-state index contributed by atoms with van der Waals surface area (Å²) in [6.07, 6.45) is 5.35. The number of hydrogen-bond acceptors (Lipinski definition) is 4. The van der Waals surface area contributed by atoms with Crippen LogP contribution in [0.2, 0.25) is 0 Å². The SMILES string of the molecule is CN(C)c1ccc(NC(=O)C2CCC(N)CC2)cn1. The van der Waals surface area contributed by atoms with Crippen molar-refractivity contribution in [2.24, 2.45) is 11.7 Å². The van der Waals surface area contributed by atoms with Crippen LogP contribution in [0.4, 0.5) is 11.5 Å². The molecule has 0 bridgehead atoms. The first-order chi connectivity index (χ1) is 9.06. The molecule has 1 fully saturated rings. The summed E-state index contributed by atoms with van der Waals surface area (Å²) >= 11 is 0. The van der Waals surface area contributed by atoms with Crippen molar-refractivity contribution >= 4 is 17.4 Å². The van der Waals surface area contributed by atoms with E-state index < -0.39 is 0 Å². The molecule has 1 aliphatic carbocycles. The van der Waals surface area contributed by atoms with Gasteiger partial charge in [0, 0.05) is 26.1 Å². The molecule has 1 amide bonds. The van der Waals surface area contributed by atoms with Gasteiger partial charge in [0.2, 0.25) is 5.91 Å². The van der Waals surface area contributed by atoms with Crippen LogP contribution >= 0.6 is 0 Å². The lowest BCUT2D eigenvalue weighted by Gasteiger charge is -2.25. The highest BCUT2D eigenvalue weighted by Crippen LogP contribution is 2.24. The van der Waals surface area contributed by atoms with E-state index in [2.05, 4.69) is 10.3 Å². The Balaban J connectivity index is 1.91. The van der Waals surface area contributed by atoms with Gasteiger partial charge in [-0.1, -0.05) is 0 Å². The fraction of sp³-hybridized carbons (Fsp3) is 0.571. The molecule has 0 aliphatic heterocycles. The molecule has 0 atom stereocenters. The van der Waals surface area contributed by atoms with Gasteiger partial charge in [0.25, 0.3) is 0 Å². The zero-order valence-electron chi connectivity index (χ0n) is 11.6. The first-order valence-electron chi connectivity index (χ1n) is 6.76. The van der Waals surface area contributed by atoms with Crippen LogP contribution < -0.4 is 16.0 Å². The van der Waals surface area contributed by atoms with Crippen LogP contribution in [0.1, 0.15) is 25.7 Å². The minimum Gasteiger partial charge on any atom is -0.363 e. The van der Waals surface area contributed by atoms with Crippen molar-refractivity contribution in [2.75, 3.05) is 24.3 Å². The lowest BCUT2D eigenvalue weighted by atomic mass is 9.86. The Kier molecular flexibility index (Phi) is 4.37. The molecule has 104 valence electrons. The molecule has 0 radical (unpaired) electrons. The molecule has 1 aromatic heterocycles. The maximum atomic E-state index is 12.1. The normalized spacial score (nSPS) is 22.9. The van der Waals surface area contributed by atoms with Crippen LogP contribution in [0.5, 0.6) is 0 Å². The first-order valence-corrected chi connectivity index (χ1v) is 6.76. The number of amides is 1. The van der Waals surface area contributed by atoms with E-state index in [-0.39, 0.29) is 17.9 Å². The van der Waals surface area contributed by atoms with E-state index in [0.717, 1.165) is 37.2 Å². The molecule has 0 saturated heterocycles. The Bertz CT molecular complexity index is 422.